The molecule has 0 aliphatic heterocycles. The van der Waals surface area contributed by atoms with E-state index in [1.165, 1.54) is 168 Å². The van der Waals surface area contributed by atoms with E-state index in [1.807, 2.05) is 0 Å². The first kappa shape index (κ1) is 37.4. The van der Waals surface area contributed by atoms with Crippen LogP contribution in [-0.2, 0) is 9.53 Å². The van der Waals surface area contributed by atoms with Crippen LogP contribution in [0.15, 0.2) is 0 Å². The summed E-state index contributed by atoms with van der Waals surface area (Å²) in [6.45, 7) is 2.45. The minimum absolute atomic E-state index is 0.0565. The first-order valence-electron chi connectivity index (χ1n) is 17.8. The Morgan fingerprint density at radius 3 is 1.30 bits per heavy atom. The van der Waals surface area contributed by atoms with E-state index in [-0.39, 0.29) is 5.97 Å². The van der Waals surface area contributed by atoms with Crippen LogP contribution in [0, 0.1) is 17.8 Å². The van der Waals surface area contributed by atoms with Crippen LogP contribution < -0.4 is 0 Å². The summed E-state index contributed by atoms with van der Waals surface area (Å²) in [5.74, 6) is 2.88. The summed E-state index contributed by atoms with van der Waals surface area (Å²) in [5, 5.41) is 0. The summed E-state index contributed by atoms with van der Waals surface area (Å²) in [4.78, 5) is 15.8. The summed E-state index contributed by atoms with van der Waals surface area (Å²) >= 11 is 0. The number of hydrogen-bond acceptors (Lipinski definition) is 4. The molecule has 4 heteroatoms. The van der Waals surface area contributed by atoms with Gasteiger partial charge in [0.1, 0.15) is 0 Å². The minimum atomic E-state index is -0.0565. The van der Waals surface area contributed by atoms with Crippen molar-refractivity contribution >= 4 is 5.97 Å². The molecule has 0 aromatic rings. The smallest absolute Gasteiger partial charge is 0.305 e. The number of unbranched alkanes of at least 4 members (excludes halogenated alkanes) is 18. The van der Waals surface area contributed by atoms with Gasteiger partial charge in [0, 0.05) is 19.5 Å². The van der Waals surface area contributed by atoms with Crippen molar-refractivity contribution in [1.29, 1.82) is 0 Å². The van der Waals surface area contributed by atoms with Crippen LogP contribution in [0.4, 0.5) is 0 Å². The van der Waals surface area contributed by atoms with E-state index in [1.54, 1.807) is 0 Å². The third-order valence-corrected chi connectivity index (χ3v) is 9.19. The average molecular weight is 565 g/mol. The number of rotatable bonds is 30. The number of methoxy groups -OCH3 is 1. The lowest BCUT2D eigenvalue weighted by atomic mass is 9.99. The summed E-state index contributed by atoms with van der Waals surface area (Å²) in [5.41, 5.74) is 0. The van der Waals surface area contributed by atoms with Gasteiger partial charge in [-0.2, -0.15) is 0 Å². The third-order valence-electron chi connectivity index (χ3n) is 9.19. The maximum absolute atomic E-state index is 11.1. The van der Waals surface area contributed by atoms with Gasteiger partial charge < -0.3 is 14.5 Å². The lowest BCUT2D eigenvalue weighted by Crippen LogP contribution is -2.30. The van der Waals surface area contributed by atoms with Crippen molar-refractivity contribution in [3.63, 3.8) is 0 Å². The van der Waals surface area contributed by atoms with Crippen molar-refractivity contribution < 1.29 is 9.53 Å². The molecule has 2 unspecified atom stereocenters. The van der Waals surface area contributed by atoms with Crippen molar-refractivity contribution in [1.82, 2.24) is 9.80 Å². The molecule has 2 atom stereocenters. The predicted octanol–water partition coefficient (Wildman–Crippen LogP) is 9.90. The topological polar surface area (TPSA) is 32.8 Å². The Bertz CT molecular complexity index is 555. The van der Waals surface area contributed by atoms with E-state index < -0.39 is 0 Å². The van der Waals surface area contributed by atoms with Gasteiger partial charge in [0.15, 0.2) is 0 Å². The second-order valence-corrected chi connectivity index (χ2v) is 13.9. The van der Waals surface area contributed by atoms with E-state index >= 15 is 0 Å². The highest BCUT2D eigenvalue weighted by Crippen LogP contribution is 2.45. The summed E-state index contributed by atoms with van der Waals surface area (Å²) < 4.78 is 4.70. The molecule has 1 fully saturated rings. The molecule has 0 N–H and O–H groups in total. The molecule has 0 radical (unpaired) electrons. The van der Waals surface area contributed by atoms with E-state index in [4.69, 9.17) is 4.74 Å². The average Bonchev–Trinajstić information content (AvgIpc) is 3.66. The van der Waals surface area contributed by atoms with Crippen molar-refractivity contribution in [2.24, 2.45) is 17.8 Å². The zero-order chi connectivity index (χ0) is 29.3. The van der Waals surface area contributed by atoms with Crippen LogP contribution in [-0.4, -0.2) is 64.2 Å². The Hall–Kier alpha value is -0.610. The highest BCUT2D eigenvalue weighted by atomic mass is 16.5. The Labute approximate surface area is 251 Å². The number of esters is 1. The van der Waals surface area contributed by atoms with E-state index in [2.05, 4.69) is 38.0 Å². The van der Waals surface area contributed by atoms with Gasteiger partial charge in [0.2, 0.25) is 0 Å². The van der Waals surface area contributed by atoms with E-state index in [0.29, 0.717) is 6.42 Å². The Balaban J connectivity index is 1.74. The van der Waals surface area contributed by atoms with Crippen LogP contribution in [0.5, 0.6) is 0 Å². The van der Waals surface area contributed by atoms with Crippen molar-refractivity contribution in [3.8, 4) is 0 Å². The number of ether oxygens (including phenoxy) is 1. The molecule has 0 aromatic carbocycles. The number of nitrogens with zero attached hydrogens (tertiary/aromatic N) is 2. The molecule has 238 valence electrons. The lowest BCUT2D eigenvalue weighted by molar-refractivity contribution is -0.140. The van der Waals surface area contributed by atoms with Gasteiger partial charge in [-0.1, -0.05) is 135 Å². The molecule has 0 spiro atoms. The highest BCUT2D eigenvalue weighted by molar-refractivity contribution is 5.68. The van der Waals surface area contributed by atoms with Crippen LogP contribution in [0.2, 0.25) is 0 Å². The maximum Gasteiger partial charge on any atom is 0.305 e. The summed E-state index contributed by atoms with van der Waals surface area (Å²) in [6, 6.07) is 0. The molecule has 40 heavy (non-hydrogen) atoms. The zero-order valence-electron chi connectivity index (χ0n) is 28.0. The highest BCUT2D eigenvalue weighted by Gasteiger charge is 2.34. The molecule has 0 heterocycles. The first-order valence-corrected chi connectivity index (χ1v) is 17.8. The van der Waals surface area contributed by atoms with Gasteiger partial charge in [-0.05, 0) is 65.2 Å². The fraction of sp³-hybridized carbons (Fsp3) is 0.972. The number of carbonyl (C=O) groups excluding carboxylic acids is 1. The maximum atomic E-state index is 11.1. The molecule has 0 bridgehead atoms. The zero-order valence-corrected chi connectivity index (χ0v) is 28.0. The molecule has 1 saturated carbocycles. The van der Waals surface area contributed by atoms with Crippen molar-refractivity contribution in [2.45, 2.75) is 161 Å². The van der Waals surface area contributed by atoms with Gasteiger partial charge in [-0.3, -0.25) is 4.79 Å². The number of hydrogen-bond donors (Lipinski definition) is 0. The number of carbonyl (C=O) groups is 1. The molecule has 1 aliphatic carbocycles. The molecule has 0 saturated heterocycles. The molecule has 0 amide bonds. The molecule has 1 rings (SSSR count). The van der Waals surface area contributed by atoms with Crippen LogP contribution in [0.1, 0.15) is 161 Å². The van der Waals surface area contributed by atoms with Gasteiger partial charge in [-0.15, -0.1) is 0 Å². The summed E-state index contributed by atoms with van der Waals surface area (Å²) in [6.07, 6.45) is 34.5. The Morgan fingerprint density at radius 2 is 0.925 bits per heavy atom. The molecule has 1 aliphatic rings. The van der Waals surface area contributed by atoms with Crippen LogP contribution >= 0.6 is 0 Å². The second kappa shape index (κ2) is 26.1. The first-order chi connectivity index (χ1) is 19.4. The van der Waals surface area contributed by atoms with Gasteiger partial charge in [-0.25, -0.2) is 0 Å². The Morgan fingerprint density at radius 1 is 0.575 bits per heavy atom. The molecule has 0 aromatic heterocycles. The summed E-state index contributed by atoms with van der Waals surface area (Å²) in [7, 11) is 10.3. The fourth-order valence-corrected chi connectivity index (χ4v) is 6.74. The normalized spacial score (nSPS) is 16.9. The predicted molar refractivity (Wildman–Crippen MR) is 175 cm³/mol. The van der Waals surface area contributed by atoms with Crippen LogP contribution in [0.3, 0.4) is 0 Å². The fourth-order valence-electron chi connectivity index (χ4n) is 6.74. The molecule has 4 nitrogen and oxygen atoms in total. The molecular weight excluding hydrogens is 492 g/mol. The second-order valence-electron chi connectivity index (χ2n) is 13.9. The Kier molecular flexibility index (Phi) is 24.4. The SMILES string of the molecule is COC(=O)CCCCCCCC1CC1CCCCCCCCCCCCCCCCCC(CN(C)C)CN(C)C. The lowest BCUT2D eigenvalue weighted by Gasteiger charge is -2.24. The standard InChI is InChI=1S/C36H72N2O2/c1-37(2)31-33(32-38(3)4)26-22-18-15-13-11-9-7-6-8-10-12-14-16-19-23-27-34-30-35(34)28-24-20-17-21-25-29-36(39)40-5/h33-35H,6-32H2,1-5H3. The largest absolute Gasteiger partial charge is 0.469 e. The van der Waals surface area contributed by atoms with E-state index in [9.17, 15) is 4.79 Å². The third kappa shape index (κ3) is 24.0. The molecular formula is C36H72N2O2. The van der Waals surface area contributed by atoms with E-state index in [0.717, 1.165) is 24.2 Å². The monoisotopic (exact) mass is 565 g/mol. The van der Waals surface area contributed by atoms with Gasteiger partial charge in [0.05, 0.1) is 7.11 Å². The van der Waals surface area contributed by atoms with Crippen molar-refractivity contribution in [3.05, 3.63) is 0 Å². The van der Waals surface area contributed by atoms with Crippen LogP contribution in [0.25, 0.3) is 0 Å². The minimum Gasteiger partial charge on any atom is -0.469 e. The quantitative estimate of drug-likeness (QED) is 0.0642. The van der Waals surface area contributed by atoms with Gasteiger partial charge >= 0.3 is 5.97 Å². The van der Waals surface area contributed by atoms with Gasteiger partial charge in [0.25, 0.3) is 0 Å². The van der Waals surface area contributed by atoms with Crippen molar-refractivity contribution in [2.75, 3.05) is 48.4 Å².